The number of nitrogens with one attached hydrogen (secondary N) is 2. The molecule has 8 nitrogen and oxygen atoms in total. The lowest BCUT2D eigenvalue weighted by molar-refractivity contribution is 0.421. The first kappa shape index (κ1) is 24.5. The minimum absolute atomic E-state index is 0.0478. The van der Waals surface area contributed by atoms with Crippen LogP contribution < -0.4 is 22.1 Å². The fourth-order valence-corrected chi connectivity index (χ4v) is 2.52. The SMILES string of the molecule is CC(C)(C)NCc1cc(Br)nc(N)n1.CC(C)(C)NCc1cc(Cl)nc(N)n1. The van der Waals surface area contributed by atoms with Crippen molar-refractivity contribution in [2.75, 3.05) is 11.5 Å². The van der Waals surface area contributed by atoms with Gasteiger partial charge in [-0.15, -0.1) is 0 Å². The number of nitrogen functional groups attached to an aromatic ring is 2. The molecule has 0 amide bonds. The maximum atomic E-state index is 5.74. The topological polar surface area (TPSA) is 128 Å². The third kappa shape index (κ3) is 11.3. The lowest BCUT2D eigenvalue weighted by atomic mass is 10.1. The zero-order valence-corrected chi connectivity index (χ0v) is 19.6. The zero-order valence-electron chi connectivity index (χ0n) is 17.3. The van der Waals surface area contributed by atoms with Gasteiger partial charge in [0.1, 0.15) is 9.76 Å². The molecule has 0 atom stereocenters. The normalized spacial score (nSPS) is 11.7. The molecule has 2 heterocycles. The number of nitrogens with two attached hydrogens (primary N) is 2. The molecular formula is C18H30BrClN8. The summed E-state index contributed by atoms with van der Waals surface area (Å²) in [5.41, 5.74) is 12.8. The Balaban J connectivity index is 0.000000280. The molecule has 0 bridgehead atoms. The van der Waals surface area contributed by atoms with E-state index in [4.69, 9.17) is 23.1 Å². The number of rotatable bonds is 4. The Morgan fingerprint density at radius 3 is 1.64 bits per heavy atom. The predicted octanol–water partition coefficient (Wildman–Crippen LogP) is 3.31. The van der Waals surface area contributed by atoms with Crippen LogP contribution in [-0.4, -0.2) is 31.0 Å². The third-order valence-corrected chi connectivity index (χ3v) is 3.73. The van der Waals surface area contributed by atoms with Crippen LogP contribution in [-0.2, 0) is 13.1 Å². The van der Waals surface area contributed by atoms with Gasteiger partial charge in [0.15, 0.2) is 0 Å². The van der Waals surface area contributed by atoms with E-state index < -0.39 is 0 Å². The fraction of sp³-hybridized carbons (Fsp3) is 0.556. The molecule has 6 N–H and O–H groups in total. The average Bonchev–Trinajstić information content (AvgIpc) is 2.49. The molecule has 0 aromatic carbocycles. The summed E-state index contributed by atoms with van der Waals surface area (Å²) in [7, 11) is 0. The van der Waals surface area contributed by atoms with Crippen molar-refractivity contribution in [3.8, 4) is 0 Å². The summed E-state index contributed by atoms with van der Waals surface area (Å²) in [4.78, 5) is 15.9. The number of nitrogens with zero attached hydrogens (tertiary/aromatic N) is 4. The molecule has 2 rings (SSSR count). The maximum absolute atomic E-state index is 5.74. The van der Waals surface area contributed by atoms with Crippen molar-refractivity contribution >= 4 is 39.4 Å². The molecule has 0 aliphatic heterocycles. The molecule has 2 aromatic rings. The molecule has 0 radical (unpaired) electrons. The van der Waals surface area contributed by atoms with Crippen LogP contribution >= 0.6 is 27.5 Å². The Labute approximate surface area is 180 Å². The second-order valence-corrected chi connectivity index (χ2v) is 9.49. The van der Waals surface area contributed by atoms with E-state index in [0.29, 0.717) is 24.2 Å². The highest BCUT2D eigenvalue weighted by atomic mass is 79.9. The van der Waals surface area contributed by atoms with Gasteiger partial charge >= 0.3 is 0 Å². The monoisotopic (exact) mass is 472 g/mol. The number of aromatic nitrogens is 4. The van der Waals surface area contributed by atoms with Crippen molar-refractivity contribution in [1.82, 2.24) is 30.6 Å². The standard InChI is InChI=1S/C9H15BrN4.C9H15ClN4/c2*1-9(2,3)12-5-6-4-7(10)14-8(11)13-6/h2*4,12H,5H2,1-3H3,(H2,11,13,14). The molecular weight excluding hydrogens is 444 g/mol. The Morgan fingerprint density at radius 1 is 0.821 bits per heavy atom. The van der Waals surface area contributed by atoms with Crippen molar-refractivity contribution in [2.24, 2.45) is 0 Å². The highest BCUT2D eigenvalue weighted by Crippen LogP contribution is 2.11. The Kier molecular flexibility index (Phi) is 9.00. The van der Waals surface area contributed by atoms with Crippen LogP contribution in [0.4, 0.5) is 11.9 Å². The third-order valence-electron chi connectivity index (χ3n) is 3.13. The van der Waals surface area contributed by atoms with Gasteiger partial charge in [0, 0.05) is 24.2 Å². The maximum Gasteiger partial charge on any atom is 0.221 e. The van der Waals surface area contributed by atoms with E-state index >= 15 is 0 Å². The Hall–Kier alpha value is -1.55. The average molecular weight is 474 g/mol. The van der Waals surface area contributed by atoms with Crippen molar-refractivity contribution in [2.45, 2.75) is 65.7 Å². The summed E-state index contributed by atoms with van der Waals surface area (Å²) in [6.45, 7) is 13.9. The van der Waals surface area contributed by atoms with E-state index in [2.05, 4.69) is 88.0 Å². The van der Waals surface area contributed by atoms with E-state index in [1.807, 2.05) is 6.07 Å². The summed E-state index contributed by atoms with van der Waals surface area (Å²) < 4.78 is 0.718. The first-order chi connectivity index (χ1) is 12.7. The molecule has 0 saturated heterocycles. The fourth-order valence-electron chi connectivity index (χ4n) is 1.86. The van der Waals surface area contributed by atoms with E-state index in [0.717, 1.165) is 16.0 Å². The zero-order chi connectivity index (χ0) is 21.5. The highest BCUT2D eigenvalue weighted by Gasteiger charge is 2.10. The van der Waals surface area contributed by atoms with E-state index in [9.17, 15) is 0 Å². The van der Waals surface area contributed by atoms with Crippen LogP contribution in [0, 0.1) is 0 Å². The minimum atomic E-state index is 0.0478. The highest BCUT2D eigenvalue weighted by molar-refractivity contribution is 9.10. The van der Waals surface area contributed by atoms with Crippen LogP contribution in [0.15, 0.2) is 16.7 Å². The largest absolute Gasteiger partial charge is 0.368 e. The van der Waals surface area contributed by atoms with Crippen molar-refractivity contribution in [1.29, 1.82) is 0 Å². The molecule has 10 heteroatoms. The molecule has 2 aromatic heterocycles. The van der Waals surface area contributed by atoms with Gasteiger partial charge in [0.2, 0.25) is 11.9 Å². The van der Waals surface area contributed by atoms with Crippen LogP contribution in [0.1, 0.15) is 52.9 Å². The van der Waals surface area contributed by atoms with Gasteiger partial charge in [-0.1, -0.05) is 11.6 Å². The molecule has 0 spiro atoms. The van der Waals surface area contributed by atoms with Crippen LogP contribution in [0.3, 0.4) is 0 Å². The Morgan fingerprint density at radius 2 is 1.25 bits per heavy atom. The lowest BCUT2D eigenvalue weighted by Gasteiger charge is -2.20. The summed E-state index contributed by atoms with van der Waals surface area (Å²) in [6.07, 6.45) is 0. The van der Waals surface area contributed by atoms with Crippen LogP contribution in [0.2, 0.25) is 5.15 Å². The second kappa shape index (κ2) is 10.3. The quantitative estimate of drug-likeness (QED) is 0.498. The number of hydrogen-bond acceptors (Lipinski definition) is 8. The van der Waals surface area contributed by atoms with Crippen molar-refractivity contribution in [3.63, 3.8) is 0 Å². The van der Waals surface area contributed by atoms with E-state index in [1.165, 1.54) is 0 Å². The molecule has 28 heavy (non-hydrogen) atoms. The molecule has 0 aliphatic rings. The van der Waals surface area contributed by atoms with Gasteiger partial charge in [-0.2, -0.15) is 0 Å². The van der Waals surface area contributed by atoms with E-state index in [-0.39, 0.29) is 17.0 Å². The summed E-state index contributed by atoms with van der Waals surface area (Å²) in [6, 6.07) is 3.56. The van der Waals surface area contributed by atoms with Gasteiger partial charge in [-0.25, -0.2) is 19.9 Å². The molecule has 156 valence electrons. The van der Waals surface area contributed by atoms with Gasteiger partial charge < -0.3 is 22.1 Å². The molecule has 0 fully saturated rings. The summed E-state index contributed by atoms with van der Waals surface area (Å²) in [5, 5.41) is 6.99. The van der Waals surface area contributed by atoms with Crippen LogP contribution in [0.25, 0.3) is 0 Å². The molecule has 0 aliphatic carbocycles. The second-order valence-electron chi connectivity index (χ2n) is 8.29. The van der Waals surface area contributed by atoms with Crippen molar-refractivity contribution < 1.29 is 0 Å². The molecule has 0 unspecified atom stereocenters. The van der Waals surface area contributed by atoms with Gasteiger partial charge in [0.05, 0.1) is 11.4 Å². The first-order valence-corrected chi connectivity index (χ1v) is 9.98. The Bertz CT molecular complexity index is 665. The van der Waals surface area contributed by atoms with E-state index in [1.54, 1.807) is 6.07 Å². The summed E-state index contributed by atoms with van der Waals surface area (Å²) in [5.74, 6) is 0.508. The predicted molar refractivity (Wildman–Crippen MR) is 119 cm³/mol. The number of halogens is 2. The lowest BCUT2D eigenvalue weighted by Crippen LogP contribution is -2.35. The smallest absolute Gasteiger partial charge is 0.221 e. The minimum Gasteiger partial charge on any atom is -0.368 e. The number of hydrogen-bond donors (Lipinski definition) is 4. The summed E-state index contributed by atoms with van der Waals surface area (Å²) >= 11 is 9.02. The number of anilines is 2. The first-order valence-electron chi connectivity index (χ1n) is 8.81. The van der Waals surface area contributed by atoms with Crippen molar-refractivity contribution in [3.05, 3.63) is 33.3 Å². The van der Waals surface area contributed by atoms with Gasteiger partial charge in [-0.3, -0.25) is 0 Å². The van der Waals surface area contributed by atoms with Gasteiger partial charge in [0.25, 0.3) is 0 Å². The van der Waals surface area contributed by atoms with Crippen LogP contribution in [0.5, 0.6) is 0 Å². The van der Waals surface area contributed by atoms with Gasteiger partial charge in [-0.05, 0) is 69.6 Å². The molecule has 0 saturated carbocycles.